The molecule has 148 valence electrons. The van der Waals surface area contributed by atoms with Crippen molar-refractivity contribution < 1.29 is 9.53 Å². The predicted octanol–water partition coefficient (Wildman–Crippen LogP) is 4.20. The summed E-state index contributed by atoms with van der Waals surface area (Å²) in [5.41, 5.74) is 4.41. The quantitative estimate of drug-likeness (QED) is 0.623. The maximum Gasteiger partial charge on any atom is 0.248 e. The van der Waals surface area contributed by atoms with Crippen molar-refractivity contribution in [2.24, 2.45) is 0 Å². The number of ether oxygens (including phenoxy) is 1. The zero-order chi connectivity index (χ0) is 20.5. The molecule has 1 N–H and O–H groups in total. The Bertz CT molecular complexity index is 1100. The summed E-state index contributed by atoms with van der Waals surface area (Å²) < 4.78 is 8.66. The number of carbonyl (C=O) groups is 1. The average molecular weight is 454 g/mol. The van der Waals surface area contributed by atoms with Gasteiger partial charge in [0.1, 0.15) is 18.4 Å². The molecule has 0 fully saturated rings. The summed E-state index contributed by atoms with van der Waals surface area (Å²) >= 11 is 3.54. The van der Waals surface area contributed by atoms with Crippen LogP contribution in [0.3, 0.4) is 0 Å². The Labute approximate surface area is 176 Å². The zero-order valence-corrected chi connectivity index (χ0v) is 17.9. The maximum atomic E-state index is 12.5. The summed E-state index contributed by atoms with van der Waals surface area (Å²) in [5.74, 6) is 1.11. The minimum Gasteiger partial charge on any atom is -0.489 e. The third-order valence-corrected chi connectivity index (χ3v) is 5.37. The number of hydrogen-bond donors (Lipinski definition) is 1. The smallest absolute Gasteiger partial charge is 0.248 e. The summed E-state index contributed by atoms with van der Waals surface area (Å²) in [6.45, 7) is 5.87. The lowest BCUT2D eigenvalue weighted by Gasteiger charge is -2.28. The highest BCUT2D eigenvalue weighted by atomic mass is 79.9. The minimum absolute atomic E-state index is 0.0504. The van der Waals surface area contributed by atoms with Crippen LogP contribution in [0.5, 0.6) is 5.75 Å². The Morgan fingerprint density at radius 1 is 1.21 bits per heavy atom. The van der Waals surface area contributed by atoms with Crippen LogP contribution in [-0.4, -0.2) is 26.0 Å². The number of nitrogens with zero attached hydrogens (tertiary/aromatic N) is 4. The molecule has 3 aromatic rings. The van der Waals surface area contributed by atoms with Crippen LogP contribution in [0.15, 0.2) is 58.2 Å². The number of anilines is 1. The van der Waals surface area contributed by atoms with Gasteiger partial charge in [0, 0.05) is 21.3 Å². The predicted molar refractivity (Wildman–Crippen MR) is 113 cm³/mol. The molecule has 1 atom stereocenters. The van der Waals surface area contributed by atoms with Gasteiger partial charge in [-0.3, -0.25) is 4.79 Å². The standard InChI is InChI=1S/C21H20BrN5O2/c1-12-4-6-15(7-5-12)11-29-18-9-8-16(22)10-17(18)20-19(14(3)28)13(2)23-21-24-25-26-27(20)21/h4-10,20H,11H2,1-3H3,(H,23,24,26). The fourth-order valence-corrected chi connectivity index (χ4v) is 3.84. The molecule has 0 radical (unpaired) electrons. The van der Waals surface area contributed by atoms with E-state index in [0.29, 0.717) is 23.9 Å². The molecular formula is C21H20BrN5O2. The number of fused-ring (bicyclic) bond motifs is 1. The molecule has 29 heavy (non-hydrogen) atoms. The van der Waals surface area contributed by atoms with Crippen molar-refractivity contribution in [3.8, 4) is 5.75 Å². The number of rotatable bonds is 5. The number of hydrogen-bond acceptors (Lipinski definition) is 6. The fraction of sp³-hybridized carbons (Fsp3) is 0.238. The molecule has 1 aliphatic heterocycles. The number of Topliss-reactive ketones (excluding diaryl/α,β-unsaturated/α-hetero) is 1. The van der Waals surface area contributed by atoms with E-state index in [9.17, 15) is 4.79 Å². The Hall–Kier alpha value is -3.00. The van der Waals surface area contributed by atoms with Gasteiger partial charge in [-0.2, -0.15) is 4.68 Å². The number of aromatic nitrogens is 4. The molecule has 0 aliphatic carbocycles. The number of halogens is 1. The van der Waals surface area contributed by atoms with E-state index in [0.717, 1.165) is 21.3 Å². The van der Waals surface area contributed by atoms with Crippen LogP contribution < -0.4 is 10.1 Å². The molecule has 0 bridgehead atoms. The molecule has 2 aromatic carbocycles. The van der Waals surface area contributed by atoms with E-state index < -0.39 is 6.04 Å². The lowest BCUT2D eigenvalue weighted by Crippen LogP contribution is -2.28. The molecule has 4 rings (SSSR count). The number of benzene rings is 2. The summed E-state index contributed by atoms with van der Waals surface area (Å²) in [6, 6.07) is 13.5. The lowest BCUT2D eigenvalue weighted by molar-refractivity contribution is -0.114. The number of nitrogens with one attached hydrogen (secondary N) is 1. The van der Waals surface area contributed by atoms with Gasteiger partial charge in [-0.15, -0.1) is 0 Å². The zero-order valence-electron chi connectivity index (χ0n) is 16.3. The molecular weight excluding hydrogens is 434 g/mol. The Morgan fingerprint density at radius 3 is 2.69 bits per heavy atom. The molecule has 1 aliphatic rings. The first-order valence-corrected chi connectivity index (χ1v) is 9.97. The molecule has 1 aromatic heterocycles. The average Bonchev–Trinajstić information content (AvgIpc) is 3.15. The van der Waals surface area contributed by atoms with Crippen molar-refractivity contribution in [2.45, 2.75) is 33.4 Å². The van der Waals surface area contributed by atoms with Crippen molar-refractivity contribution in [3.63, 3.8) is 0 Å². The van der Waals surface area contributed by atoms with E-state index in [1.165, 1.54) is 5.56 Å². The van der Waals surface area contributed by atoms with E-state index in [-0.39, 0.29) is 5.78 Å². The van der Waals surface area contributed by atoms with Crippen LogP contribution >= 0.6 is 15.9 Å². The third-order valence-electron chi connectivity index (χ3n) is 4.87. The van der Waals surface area contributed by atoms with E-state index >= 15 is 0 Å². The van der Waals surface area contributed by atoms with Crippen molar-refractivity contribution in [3.05, 3.63) is 74.9 Å². The molecule has 0 spiro atoms. The highest BCUT2D eigenvalue weighted by molar-refractivity contribution is 9.10. The highest BCUT2D eigenvalue weighted by Gasteiger charge is 2.34. The normalized spacial score (nSPS) is 15.7. The van der Waals surface area contributed by atoms with Crippen LogP contribution in [0.25, 0.3) is 0 Å². The van der Waals surface area contributed by atoms with Gasteiger partial charge in [0.2, 0.25) is 5.95 Å². The number of tetrazole rings is 1. The Kier molecular flexibility index (Phi) is 5.19. The molecule has 1 unspecified atom stereocenters. The SMILES string of the molecule is CC(=O)C1=C(C)Nc2nnnn2C1c1cc(Br)ccc1OCc1ccc(C)cc1. The van der Waals surface area contributed by atoms with E-state index in [1.54, 1.807) is 11.6 Å². The molecule has 0 saturated carbocycles. The number of aryl methyl sites for hydroxylation is 1. The van der Waals surface area contributed by atoms with Gasteiger partial charge in [-0.05, 0) is 55.0 Å². The third kappa shape index (κ3) is 3.80. The second kappa shape index (κ2) is 7.79. The minimum atomic E-state index is -0.482. The first-order chi connectivity index (χ1) is 13.9. The number of allylic oxidation sites excluding steroid dienone is 2. The molecule has 2 heterocycles. The first kappa shape index (κ1) is 19.3. The molecule has 8 heteroatoms. The van der Waals surface area contributed by atoms with Gasteiger partial charge in [-0.1, -0.05) is 50.9 Å². The fourth-order valence-electron chi connectivity index (χ4n) is 3.47. The topological polar surface area (TPSA) is 81.9 Å². The summed E-state index contributed by atoms with van der Waals surface area (Å²) in [4.78, 5) is 12.5. The highest BCUT2D eigenvalue weighted by Crippen LogP contribution is 2.40. The maximum absolute atomic E-state index is 12.5. The summed E-state index contributed by atoms with van der Waals surface area (Å²) in [5, 5.41) is 15.0. The second-order valence-electron chi connectivity index (χ2n) is 7.03. The summed E-state index contributed by atoms with van der Waals surface area (Å²) in [7, 11) is 0. The largest absolute Gasteiger partial charge is 0.489 e. The monoisotopic (exact) mass is 453 g/mol. The van der Waals surface area contributed by atoms with Crippen LogP contribution in [0, 0.1) is 6.92 Å². The van der Waals surface area contributed by atoms with Gasteiger partial charge in [0.05, 0.1) is 0 Å². The van der Waals surface area contributed by atoms with Crippen LogP contribution in [0.2, 0.25) is 0 Å². The molecule has 0 amide bonds. The van der Waals surface area contributed by atoms with Crippen molar-refractivity contribution in [1.82, 2.24) is 20.2 Å². The van der Waals surface area contributed by atoms with Crippen LogP contribution in [-0.2, 0) is 11.4 Å². The Morgan fingerprint density at radius 2 is 1.97 bits per heavy atom. The van der Waals surface area contributed by atoms with E-state index in [1.807, 2.05) is 37.3 Å². The van der Waals surface area contributed by atoms with Gasteiger partial charge >= 0.3 is 0 Å². The Balaban J connectivity index is 1.76. The molecule has 7 nitrogen and oxygen atoms in total. The lowest BCUT2D eigenvalue weighted by atomic mass is 9.92. The van der Waals surface area contributed by atoms with Crippen molar-refractivity contribution >= 4 is 27.7 Å². The van der Waals surface area contributed by atoms with E-state index in [4.69, 9.17) is 4.74 Å². The second-order valence-corrected chi connectivity index (χ2v) is 7.94. The van der Waals surface area contributed by atoms with Gasteiger partial charge in [0.25, 0.3) is 0 Å². The van der Waals surface area contributed by atoms with Gasteiger partial charge < -0.3 is 10.1 Å². The molecule has 0 saturated heterocycles. The van der Waals surface area contributed by atoms with Crippen molar-refractivity contribution in [1.29, 1.82) is 0 Å². The summed E-state index contributed by atoms with van der Waals surface area (Å²) in [6.07, 6.45) is 0. The van der Waals surface area contributed by atoms with Crippen molar-refractivity contribution in [2.75, 3.05) is 5.32 Å². The van der Waals surface area contributed by atoms with E-state index in [2.05, 4.69) is 55.8 Å². The number of carbonyl (C=O) groups excluding carboxylic acids is 1. The number of ketones is 1. The van der Waals surface area contributed by atoms with Crippen LogP contribution in [0.1, 0.15) is 36.6 Å². The first-order valence-electron chi connectivity index (χ1n) is 9.18. The van der Waals surface area contributed by atoms with Gasteiger partial charge in [-0.25, -0.2) is 0 Å². The van der Waals surface area contributed by atoms with Gasteiger partial charge in [0.15, 0.2) is 5.78 Å². The van der Waals surface area contributed by atoms with Crippen LogP contribution in [0.4, 0.5) is 5.95 Å².